The van der Waals surface area contributed by atoms with Gasteiger partial charge in [0, 0.05) is 12.8 Å². The van der Waals surface area contributed by atoms with E-state index in [0.29, 0.717) is 0 Å². The van der Waals surface area contributed by atoms with Crippen molar-refractivity contribution >= 4 is 0 Å². The minimum Gasteiger partial charge on any atom is -0.159 e. The van der Waals surface area contributed by atoms with Crippen molar-refractivity contribution in [1.82, 2.24) is 0 Å². The van der Waals surface area contributed by atoms with Crippen LogP contribution in [-0.4, -0.2) is 11.2 Å². The van der Waals surface area contributed by atoms with Crippen LogP contribution in [0.1, 0.15) is 44.9 Å². The fourth-order valence-corrected chi connectivity index (χ4v) is 2.85. The molecule has 3 unspecified atom stereocenters. The van der Waals surface area contributed by atoms with Gasteiger partial charge >= 0.3 is 0 Å². The summed E-state index contributed by atoms with van der Waals surface area (Å²) in [5.74, 6) is 1.86. The van der Waals surface area contributed by atoms with Crippen LogP contribution >= 0.6 is 0 Å². The lowest BCUT2D eigenvalue weighted by Crippen LogP contribution is -2.29. The molecule has 2 rings (SSSR count). The van der Waals surface area contributed by atoms with Crippen molar-refractivity contribution in [3.63, 3.8) is 0 Å². The molecule has 0 amide bonds. The topological polar surface area (TPSA) is 21.4 Å². The molecule has 1 heteroatoms. The molecule has 63 valence electrons. The summed E-state index contributed by atoms with van der Waals surface area (Å²) < 4.78 is 0. The number of aliphatic hydroxyl groups is 1. The maximum absolute atomic E-state index is 9.45. The van der Waals surface area contributed by atoms with Crippen LogP contribution in [0.5, 0.6) is 0 Å². The Morgan fingerprint density at radius 3 is 2.36 bits per heavy atom. The first-order valence-corrected chi connectivity index (χ1v) is 5.04. The molecular weight excluding hydrogens is 136 g/mol. The Labute approximate surface area is 68.8 Å². The van der Waals surface area contributed by atoms with Crippen LogP contribution in [0.15, 0.2) is 0 Å². The number of rotatable bonds is 0. The molecule has 2 fully saturated rings. The molecule has 0 saturated heterocycles. The third-order valence-electron chi connectivity index (χ3n) is 3.51. The minimum atomic E-state index is 0.0364. The Morgan fingerprint density at radius 1 is 0.818 bits per heavy atom. The van der Waals surface area contributed by atoms with Crippen molar-refractivity contribution in [1.29, 1.82) is 0 Å². The van der Waals surface area contributed by atoms with Gasteiger partial charge in [0.25, 0.3) is 0 Å². The van der Waals surface area contributed by atoms with E-state index >= 15 is 0 Å². The van der Waals surface area contributed by atoms with E-state index in [1.807, 2.05) is 0 Å². The van der Waals surface area contributed by atoms with E-state index in [2.05, 4.69) is 0 Å². The first-order chi connectivity index (χ1) is 5.36. The van der Waals surface area contributed by atoms with Crippen molar-refractivity contribution in [2.45, 2.75) is 51.0 Å². The molecular formula is C10H18O+. The van der Waals surface area contributed by atoms with Gasteiger partial charge in [-0.1, -0.05) is 19.3 Å². The molecule has 2 saturated carbocycles. The van der Waals surface area contributed by atoms with Gasteiger partial charge in [-0.3, -0.25) is 0 Å². The minimum absolute atomic E-state index is 0.0364. The van der Waals surface area contributed by atoms with E-state index in [1.165, 1.54) is 32.1 Å². The predicted octanol–water partition coefficient (Wildman–Crippen LogP) is 2.34. The van der Waals surface area contributed by atoms with Crippen LogP contribution < -0.4 is 0 Å². The number of hydrogen-bond donors (Lipinski definition) is 0. The van der Waals surface area contributed by atoms with Crippen LogP contribution in [0.2, 0.25) is 0 Å². The molecule has 0 bridgehead atoms. The average molecular weight is 154 g/mol. The summed E-state index contributed by atoms with van der Waals surface area (Å²) >= 11 is 0. The normalized spacial score (nSPS) is 45.0. The van der Waals surface area contributed by atoms with Gasteiger partial charge in [0.1, 0.15) is 0 Å². The van der Waals surface area contributed by atoms with E-state index < -0.39 is 0 Å². The average Bonchev–Trinajstić information content (AvgIpc) is 2.04. The molecule has 0 spiro atoms. The first kappa shape index (κ1) is 7.60. The van der Waals surface area contributed by atoms with Gasteiger partial charge in [0.05, 0.1) is 0 Å². The van der Waals surface area contributed by atoms with Crippen LogP contribution in [0.4, 0.5) is 0 Å². The molecule has 0 aromatic heterocycles. The maximum Gasteiger partial charge on any atom is 0.226 e. The van der Waals surface area contributed by atoms with Crippen LogP contribution in [0.25, 0.3) is 0 Å². The second kappa shape index (κ2) is 3.14. The number of aliphatic hydroxyl groups excluding tert-OH is 1. The van der Waals surface area contributed by atoms with Gasteiger partial charge in [0.15, 0.2) is 0 Å². The van der Waals surface area contributed by atoms with E-state index in [4.69, 9.17) is 0 Å². The summed E-state index contributed by atoms with van der Waals surface area (Å²) in [5, 5.41) is 9.45. The lowest BCUT2D eigenvalue weighted by Gasteiger charge is -2.34. The van der Waals surface area contributed by atoms with Gasteiger partial charge in [0.2, 0.25) is 6.10 Å². The Bertz CT molecular complexity index is 133. The molecule has 0 aromatic rings. The second-order valence-corrected chi connectivity index (χ2v) is 4.27. The molecule has 1 nitrogen and oxygen atoms in total. The third-order valence-corrected chi connectivity index (χ3v) is 3.51. The number of fused-ring (bicyclic) bond motifs is 1. The second-order valence-electron chi connectivity index (χ2n) is 4.27. The maximum atomic E-state index is 9.45. The zero-order valence-corrected chi connectivity index (χ0v) is 7.13. The van der Waals surface area contributed by atoms with Gasteiger partial charge in [-0.15, -0.1) is 0 Å². The number of hydrogen-bond acceptors (Lipinski definition) is 1. The molecule has 0 aliphatic heterocycles. The Balaban J connectivity index is 1.93. The van der Waals surface area contributed by atoms with Crippen LogP contribution in [0.3, 0.4) is 0 Å². The van der Waals surface area contributed by atoms with Crippen molar-refractivity contribution in [2.75, 3.05) is 0 Å². The van der Waals surface area contributed by atoms with Crippen LogP contribution in [-0.2, 0) is 0 Å². The van der Waals surface area contributed by atoms with E-state index in [-0.39, 0.29) is 6.10 Å². The molecule has 1 N–H and O–H groups in total. The summed E-state index contributed by atoms with van der Waals surface area (Å²) in [5.41, 5.74) is 0. The molecule has 11 heavy (non-hydrogen) atoms. The molecule has 0 heterocycles. The zero-order chi connectivity index (χ0) is 7.68. The quantitative estimate of drug-likeness (QED) is 0.491. The van der Waals surface area contributed by atoms with E-state index in [9.17, 15) is 5.11 Å². The molecule has 0 aromatic carbocycles. The highest BCUT2D eigenvalue weighted by atomic mass is 16.3. The van der Waals surface area contributed by atoms with E-state index in [1.54, 1.807) is 0 Å². The standard InChI is InChI=1S/C10H18O/c11-10-6-5-8-3-1-2-4-9(8)7-10/h8-11H,1-7H2/q+1. The molecule has 2 aliphatic rings. The largest absolute Gasteiger partial charge is 0.226 e. The van der Waals surface area contributed by atoms with Crippen LogP contribution in [0, 0.1) is 11.8 Å². The first-order valence-electron chi connectivity index (χ1n) is 5.04. The van der Waals surface area contributed by atoms with Crippen molar-refractivity contribution < 1.29 is 5.11 Å². The summed E-state index contributed by atoms with van der Waals surface area (Å²) in [6.45, 7) is 0. The van der Waals surface area contributed by atoms with Crippen molar-refractivity contribution in [2.24, 2.45) is 11.8 Å². The van der Waals surface area contributed by atoms with Gasteiger partial charge in [-0.25, -0.2) is 0 Å². The Kier molecular flexibility index (Phi) is 2.17. The van der Waals surface area contributed by atoms with E-state index in [0.717, 1.165) is 24.7 Å². The van der Waals surface area contributed by atoms with Crippen molar-refractivity contribution in [3.8, 4) is 0 Å². The van der Waals surface area contributed by atoms with Gasteiger partial charge in [-0.05, 0) is 24.7 Å². The summed E-state index contributed by atoms with van der Waals surface area (Å²) in [7, 11) is 0. The Hall–Kier alpha value is -0.0400. The monoisotopic (exact) mass is 154 g/mol. The fraction of sp³-hybridized carbons (Fsp3) is 1.00. The predicted molar refractivity (Wildman–Crippen MR) is 45.3 cm³/mol. The third kappa shape index (κ3) is 1.58. The fourth-order valence-electron chi connectivity index (χ4n) is 2.85. The SMILES string of the molecule is [OH+]C1CCC2CCCCC2C1. The highest BCUT2D eigenvalue weighted by molar-refractivity contribution is 4.82. The van der Waals surface area contributed by atoms with Gasteiger partial charge in [-0.2, -0.15) is 5.11 Å². The summed E-state index contributed by atoms with van der Waals surface area (Å²) in [6.07, 6.45) is 9.19. The Morgan fingerprint density at radius 2 is 1.55 bits per heavy atom. The molecule has 1 radical (unpaired) electrons. The van der Waals surface area contributed by atoms with Crippen molar-refractivity contribution in [3.05, 3.63) is 0 Å². The molecule has 3 atom stereocenters. The van der Waals surface area contributed by atoms with Gasteiger partial charge < -0.3 is 0 Å². The molecule has 2 aliphatic carbocycles. The summed E-state index contributed by atoms with van der Waals surface area (Å²) in [6, 6.07) is 0. The smallest absolute Gasteiger partial charge is 0.159 e. The lowest BCUT2D eigenvalue weighted by molar-refractivity contribution is 0.0491. The summed E-state index contributed by atoms with van der Waals surface area (Å²) in [4.78, 5) is 0. The highest BCUT2D eigenvalue weighted by Crippen LogP contribution is 2.40. The zero-order valence-electron chi connectivity index (χ0n) is 7.13. The lowest BCUT2D eigenvalue weighted by atomic mass is 9.70. The highest BCUT2D eigenvalue weighted by Gasteiger charge is 2.34.